The molecule has 40 heavy (non-hydrogen) atoms. The van der Waals surface area contributed by atoms with Gasteiger partial charge >= 0.3 is 5.97 Å². The van der Waals surface area contributed by atoms with Crippen molar-refractivity contribution in [2.24, 2.45) is 5.10 Å². The maximum absolute atomic E-state index is 12.8. The molecule has 0 saturated heterocycles. The summed E-state index contributed by atoms with van der Waals surface area (Å²) in [5, 5.41) is 4.70. The number of amides is 1. The topological polar surface area (TPSA) is 95.5 Å². The third-order valence-electron chi connectivity index (χ3n) is 5.60. The van der Waals surface area contributed by atoms with Crippen molar-refractivity contribution in [3.8, 4) is 23.0 Å². The van der Waals surface area contributed by atoms with Gasteiger partial charge in [0, 0.05) is 20.6 Å². The predicted molar refractivity (Wildman–Crippen MR) is 156 cm³/mol. The fourth-order valence-corrected chi connectivity index (χ4v) is 4.01. The summed E-state index contributed by atoms with van der Waals surface area (Å²) in [6.45, 7) is 0.374. The molecule has 0 fully saturated rings. The number of methoxy groups -OCH3 is 2. The van der Waals surface area contributed by atoms with E-state index in [9.17, 15) is 9.59 Å². The van der Waals surface area contributed by atoms with Gasteiger partial charge in [0.05, 0.1) is 26.0 Å². The quantitative estimate of drug-likeness (QED) is 0.0916. The lowest BCUT2D eigenvalue weighted by Gasteiger charge is -2.11. The molecule has 4 rings (SSSR count). The van der Waals surface area contributed by atoms with Crippen LogP contribution in [-0.4, -0.2) is 32.3 Å². The summed E-state index contributed by atoms with van der Waals surface area (Å²) >= 11 is 9.30. The van der Waals surface area contributed by atoms with E-state index in [-0.39, 0.29) is 11.3 Å². The molecule has 0 atom stereocenters. The Morgan fingerprint density at radius 3 is 2.23 bits per heavy atom. The number of benzene rings is 4. The third kappa shape index (κ3) is 7.62. The molecule has 10 heteroatoms. The zero-order chi connectivity index (χ0) is 28.5. The van der Waals surface area contributed by atoms with Crippen LogP contribution >= 0.6 is 27.5 Å². The molecule has 0 bridgehead atoms. The molecule has 0 aliphatic heterocycles. The summed E-state index contributed by atoms with van der Waals surface area (Å²) in [6, 6.07) is 23.8. The lowest BCUT2D eigenvalue weighted by atomic mass is 10.2. The van der Waals surface area contributed by atoms with Gasteiger partial charge in [0.25, 0.3) is 5.91 Å². The van der Waals surface area contributed by atoms with Crippen LogP contribution < -0.4 is 24.4 Å². The van der Waals surface area contributed by atoms with Gasteiger partial charge in [-0.3, -0.25) is 4.79 Å². The first-order chi connectivity index (χ1) is 19.4. The van der Waals surface area contributed by atoms with E-state index >= 15 is 0 Å². The first kappa shape index (κ1) is 28.7. The number of nitrogens with one attached hydrogen (secondary N) is 1. The Labute approximate surface area is 244 Å². The molecule has 0 aliphatic rings. The van der Waals surface area contributed by atoms with Crippen LogP contribution in [0.4, 0.5) is 0 Å². The molecule has 0 unspecified atom stereocenters. The van der Waals surface area contributed by atoms with Crippen molar-refractivity contribution in [2.45, 2.75) is 6.61 Å². The monoisotopic (exact) mass is 622 g/mol. The lowest BCUT2D eigenvalue weighted by Crippen LogP contribution is -2.17. The van der Waals surface area contributed by atoms with Crippen molar-refractivity contribution in [1.82, 2.24) is 5.43 Å². The van der Waals surface area contributed by atoms with Gasteiger partial charge in [-0.2, -0.15) is 5.10 Å². The number of nitrogens with zero attached hydrogens (tertiary/aromatic N) is 1. The SMILES string of the molecule is COc1ccc(C(=O)Oc2ccc(Br)cc2/C=N/NC(=O)c2ccc(OCc3ccc(Cl)cc3)cc2)cc1OC. The average molecular weight is 624 g/mol. The Morgan fingerprint density at radius 1 is 0.850 bits per heavy atom. The Bertz CT molecular complexity index is 1520. The summed E-state index contributed by atoms with van der Waals surface area (Å²) in [5.74, 6) is 0.748. The molecule has 4 aromatic rings. The average Bonchev–Trinajstić information content (AvgIpc) is 2.98. The maximum atomic E-state index is 12.8. The largest absolute Gasteiger partial charge is 0.493 e. The van der Waals surface area contributed by atoms with E-state index in [1.165, 1.54) is 26.5 Å². The van der Waals surface area contributed by atoms with E-state index in [0.717, 1.165) is 10.0 Å². The fraction of sp³-hybridized carbons (Fsp3) is 0.100. The van der Waals surface area contributed by atoms with Crippen molar-refractivity contribution in [2.75, 3.05) is 14.2 Å². The van der Waals surface area contributed by atoms with Gasteiger partial charge in [-0.1, -0.05) is 39.7 Å². The number of rotatable bonds is 10. The Hall–Kier alpha value is -4.34. The van der Waals surface area contributed by atoms with E-state index in [1.54, 1.807) is 66.7 Å². The number of esters is 1. The second kappa shape index (κ2) is 13.6. The molecule has 8 nitrogen and oxygen atoms in total. The van der Waals surface area contributed by atoms with Crippen LogP contribution in [0.25, 0.3) is 0 Å². The van der Waals surface area contributed by atoms with Crippen molar-refractivity contribution < 1.29 is 28.5 Å². The molecule has 1 N–H and O–H groups in total. The molecule has 1 amide bonds. The molecule has 0 radical (unpaired) electrons. The van der Waals surface area contributed by atoms with Gasteiger partial charge in [-0.25, -0.2) is 10.2 Å². The van der Waals surface area contributed by atoms with Gasteiger partial charge in [-0.05, 0) is 78.4 Å². The minimum absolute atomic E-state index is 0.253. The maximum Gasteiger partial charge on any atom is 0.343 e. The highest BCUT2D eigenvalue weighted by molar-refractivity contribution is 9.10. The van der Waals surface area contributed by atoms with Crippen LogP contribution in [-0.2, 0) is 6.61 Å². The second-order valence-electron chi connectivity index (χ2n) is 8.28. The standard InChI is InChI=1S/C30H24BrClN2O6/c1-37-27-13-7-21(16-28(27)38-2)30(36)40-26-14-8-23(31)15-22(26)17-33-34-29(35)20-5-11-25(12-6-20)39-18-19-3-9-24(32)10-4-19/h3-17H,18H2,1-2H3,(H,34,35)/b33-17+. The van der Waals surface area contributed by atoms with Gasteiger partial charge in [-0.15, -0.1) is 0 Å². The van der Waals surface area contributed by atoms with Crippen molar-refractivity contribution >= 4 is 45.6 Å². The molecule has 0 saturated carbocycles. The van der Waals surface area contributed by atoms with Crippen LogP contribution in [0, 0.1) is 0 Å². The molecule has 204 valence electrons. The van der Waals surface area contributed by atoms with Crippen LogP contribution in [0.1, 0.15) is 31.8 Å². The van der Waals surface area contributed by atoms with Crippen molar-refractivity contribution in [3.05, 3.63) is 117 Å². The lowest BCUT2D eigenvalue weighted by molar-refractivity contribution is 0.0733. The first-order valence-corrected chi connectivity index (χ1v) is 13.1. The number of hydrogen-bond acceptors (Lipinski definition) is 7. The Kier molecular flexibility index (Phi) is 9.77. The molecule has 0 heterocycles. The first-order valence-electron chi connectivity index (χ1n) is 11.9. The highest BCUT2D eigenvalue weighted by Gasteiger charge is 2.15. The predicted octanol–water partition coefficient (Wildman–Crippen LogP) is 6.68. The molecular weight excluding hydrogens is 600 g/mol. The highest BCUT2D eigenvalue weighted by atomic mass is 79.9. The van der Waals surface area contributed by atoms with E-state index in [0.29, 0.717) is 40.0 Å². The summed E-state index contributed by atoms with van der Waals surface area (Å²) in [5.41, 5.74) is 4.59. The van der Waals surface area contributed by atoms with E-state index in [1.807, 2.05) is 12.1 Å². The van der Waals surface area contributed by atoms with E-state index in [4.69, 9.17) is 30.5 Å². The number of hydrogen-bond donors (Lipinski definition) is 1. The van der Waals surface area contributed by atoms with E-state index < -0.39 is 11.9 Å². The number of ether oxygens (including phenoxy) is 4. The summed E-state index contributed by atoms with van der Waals surface area (Å²) in [7, 11) is 2.99. The van der Waals surface area contributed by atoms with Crippen LogP contribution in [0.15, 0.2) is 94.5 Å². The fourth-order valence-electron chi connectivity index (χ4n) is 3.51. The molecule has 4 aromatic carbocycles. The van der Waals surface area contributed by atoms with Crippen LogP contribution in [0.5, 0.6) is 23.0 Å². The molecular formula is C30H24BrClN2O6. The van der Waals surface area contributed by atoms with Crippen molar-refractivity contribution in [1.29, 1.82) is 0 Å². The molecule has 0 aliphatic carbocycles. The van der Waals surface area contributed by atoms with Crippen LogP contribution in [0.3, 0.4) is 0 Å². The smallest absolute Gasteiger partial charge is 0.343 e. The van der Waals surface area contributed by atoms with Gasteiger partial charge < -0.3 is 18.9 Å². The summed E-state index contributed by atoms with van der Waals surface area (Å²) < 4.78 is 22.6. The van der Waals surface area contributed by atoms with Crippen molar-refractivity contribution in [3.63, 3.8) is 0 Å². The second-order valence-corrected chi connectivity index (χ2v) is 9.63. The molecule has 0 spiro atoms. The summed E-state index contributed by atoms with van der Waals surface area (Å²) in [4.78, 5) is 25.4. The van der Waals surface area contributed by atoms with Crippen LogP contribution in [0.2, 0.25) is 5.02 Å². The van der Waals surface area contributed by atoms with E-state index in [2.05, 4.69) is 26.5 Å². The minimum atomic E-state index is -0.597. The Morgan fingerprint density at radius 2 is 1.52 bits per heavy atom. The van der Waals surface area contributed by atoms with Gasteiger partial charge in [0.15, 0.2) is 11.5 Å². The number of carbonyl (C=O) groups excluding carboxylic acids is 2. The summed E-state index contributed by atoms with van der Waals surface area (Å²) in [6.07, 6.45) is 1.39. The third-order valence-corrected chi connectivity index (χ3v) is 6.34. The zero-order valence-electron chi connectivity index (χ0n) is 21.5. The van der Waals surface area contributed by atoms with Gasteiger partial charge in [0.2, 0.25) is 0 Å². The normalized spacial score (nSPS) is 10.7. The molecule has 0 aromatic heterocycles. The van der Waals surface area contributed by atoms with Gasteiger partial charge in [0.1, 0.15) is 18.1 Å². The highest BCUT2D eigenvalue weighted by Crippen LogP contribution is 2.29. The number of hydrazone groups is 1. The number of carbonyl (C=O) groups is 2. The minimum Gasteiger partial charge on any atom is -0.493 e. The zero-order valence-corrected chi connectivity index (χ0v) is 23.9. The number of halogens is 2. The Balaban J connectivity index is 1.38.